The maximum atomic E-state index is 10.8. The Morgan fingerprint density at radius 2 is 2.29 bits per heavy atom. The molecule has 1 aromatic heterocycles. The molecule has 0 fully saturated rings. The second-order valence-electron chi connectivity index (χ2n) is 4.61. The molecule has 0 radical (unpaired) electrons. The number of aliphatic hydroxyl groups is 1. The Hall–Kier alpha value is -1.99. The van der Waals surface area contributed by atoms with Crippen LogP contribution in [0.1, 0.15) is 29.2 Å². The number of nitrogens with zero attached hydrogens (tertiary/aromatic N) is 2. The van der Waals surface area contributed by atoms with Gasteiger partial charge in [0.05, 0.1) is 28.8 Å². The Kier molecular flexibility index (Phi) is 4.87. The fourth-order valence-corrected chi connectivity index (χ4v) is 2.69. The summed E-state index contributed by atoms with van der Waals surface area (Å²) in [6.07, 6.45) is -0.114. The normalized spacial score (nSPS) is 12.1. The number of aryl methyl sites for hydroxylation is 1. The van der Waals surface area contributed by atoms with Crippen LogP contribution in [0, 0.1) is 17.0 Å². The van der Waals surface area contributed by atoms with Gasteiger partial charge in [-0.25, -0.2) is 4.98 Å². The van der Waals surface area contributed by atoms with E-state index < -0.39 is 11.0 Å². The molecule has 0 saturated carbocycles. The van der Waals surface area contributed by atoms with Gasteiger partial charge >= 0.3 is 0 Å². The van der Waals surface area contributed by atoms with Crippen molar-refractivity contribution in [2.45, 2.75) is 26.4 Å². The van der Waals surface area contributed by atoms with E-state index in [1.54, 1.807) is 23.8 Å². The number of nitro benzene ring substituents is 1. The lowest BCUT2D eigenvalue weighted by atomic mass is 10.1. The van der Waals surface area contributed by atoms with Crippen LogP contribution in [0.5, 0.6) is 5.75 Å². The molecule has 1 N–H and O–H groups in total. The van der Waals surface area contributed by atoms with E-state index in [2.05, 4.69) is 4.98 Å². The van der Waals surface area contributed by atoms with Crippen LogP contribution in [0.25, 0.3) is 0 Å². The Labute approximate surface area is 126 Å². The molecule has 2 rings (SSSR count). The van der Waals surface area contributed by atoms with Gasteiger partial charge in [-0.05, 0) is 19.9 Å². The van der Waals surface area contributed by atoms with Crippen LogP contribution in [0.3, 0.4) is 0 Å². The van der Waals surface area contributed by atoms with Crippen molar-refractivity contribution in [2.24, 2.45) is 0 Å². The molecule has 0 aliphatic rings. The molecule has 7 heteroatoms. The van der Waals surface area contributed by atoms with E-state index in [-0.39, 0.29) is 5.69 Å². The summed E-state index contributed by atoms with van der Waals surface area (Å²) in [4.78, 5) is 15.6. The summed E-state index contributed by atoms with van der Waals surface area (Å²) in [7, 11) is 0. The number of aromatic nitrogens is 1. The fraction of sp³-hybridized carbons (Fsp3) is 0.357. The number of thiazole rings is 1. The number of ether oxygens (including phenoxy) is 1. The first kappa shape index (κ1) is 15.4. The molecular weight excluding hydrogens is 292 g/mol. The Balaban J connectivity index is 2.08. The van der Waals surface area contributed by atoms with Gasteiger partial charge in [-0.15, -0.1) is 11.3 Å². The third kappa shape index (κ3) is 3.77. The molecule has 1 heterocycles. The highest BCUT2D eigenvalue weighted by Gasteiger charge is 2.15. The van der Waals surface area contributed by atoms with Crippen LogP contribution < -0.4 is 4.74 Å². The van der Waals surface area contributed by atoms with Crippen LogP contribution in [-0.4, -0.2) is 21.6 Å². The summed E-state index contributed by atoms with van der Waals surface area (Å²) in [5, 5.41) is 20.5. The molecule has 0 aliphatic heterocycles. The van der Waals surface area contributed by atoms with Crippen molar-refractivity contribution in [3.8, 4) is 5.75 Å². The van der Waals surface area contributed by atoms with Gasteiger partial charge in [0.15, 0.2) is 0 Å². The van der Waals surface area contributed by atoms with Crippen molar-refractivity contribution in [1.82, 2.24) is 4.98 Å². The van der Waals surface area contributed by atoms with Crippen LogP contribution in [0.15, 0.2) is 23.7 Å². The smallest absolute Gasteiger partial charge is 0.270 e. The van der Waals surface area contributed by atoms with E-state index in [0.717, 1.165) is 10.6 Å². The summed E-state index contributed by atoms with van der Waals surface area (Å²) < 4.78 is 5.66. The lowest BCUT2D eigenvalue weighted by Crippen LogP contribution is -2.05. The van der Waals surface area contributed by atoms with Crippen molar-refractivity contribution >= 4 is 17.0 Å². The molecule has 0 spiro atoms. The summed E-state index contributed by atoms with van der Waals surface area (Å²) in [6.45, 7) is 3.93. The Morgan fingerprint density at radius 1 is 1.52 bits per heavy atom. The van der Waals surface area contributed by atoms with Gasteiger partial charge in [-0.2, -0.15) is 0 Å². The van der Waals surface area contributed by atoms with Crippen LogP contribution in [-0.2, 0) is 6.42 Å². The number of aliphatic hydroxyl groups excluding tert-OH is 1. The summed E-state index contributed by atoms with van der Waals surface area (Å²) in [6, 6.07) is 4.25. The molecule has 1 atom stereocenters. The molecule has 0 saturated heterocycles. The minimum Gasteiger partial charge on any atom is -0.493 e. The highest BCUT2D eigenvalue weighted by Crippen LogP contribution is 2.29. The van der Waals surface area contributed by atoms with Crippen molar-refractivity contribution in [3.63, 3.8) is 0 Å². The minimum absolute atomic E-state index is 0.0587. The number of nitro groups is 1. The van der Waals surface area contributed by atoms with Crippen molar-refractivity contribution in [3.05, 3.63) is 50.0 Å². The Bertz CT molecular complexity index is 640. The molecule has 1 aromatic carbocycles. The van der Waals surface area contributed by atoms with Crippen molar-refractivity contribution in [1.29, 1.82) is 0 Å². The van der Waals surface area contributed by atoms with Crippen molar-refractivity contribution in [2.75, 3.05) is 6.61 Å². The summed E-state index contributed by atoms with van der Waals surface area (Å²) in [5.41, 5.74) is 3.14. The van der Waals surface area contributed by atoms with Gasteiger partial charge in [0.25, 0.3) is 5.69 Å². The van der Waals surface area contributed by atoms with Gasteiger partial charge < -0.3 is 9.84 Å². The largest absolute Gasteiger partial charge is 0.493 e. The second-order valence-corrected chi connectivity index (χ2v) is 5.55. The number of hydrogen-bond acceptors (Lipinski definition) is 6. The zero-order valence-electron chi connectivity index (χ0n) is 11.8. The zero-order valence-corrected chi connectivity index (χ0v) is 12.6. The monoisotopic (exact) mass is 308 g/mol. The minimum atomic E-state index is -0.829. The SMILES string of the molecule is Cc1ncsc1CCOc1ccc([N+](=O)[O-])cc1[C@@H](C)O. The molecule has 0 unspecified atom stereocenters. The predicted molar refractivity (Wildman–Crippen MR) is 79.8 cm³/mol. The third-order valence-corrected chi connectivity index (χ3v) is 4.08. The zero-order chi connectivity index (χ0) is 15.4. The number of benzene rings is 1. The first-order chi connectivity index (χ1) is 9.99. The second kappa shape index (κ2) is 6.64. The molecule has 0 bridgehead atoms. The molecule has 112 valence electrons. The quantitative estimate of drug-likeness (QED) is 0.655. The van der Waals surface area contributed by atoms with Gasteiger partial charge in [-0.1, -0.05) is 0 Å². The lowest BCUT2D eigenvalue weighted by Gasteiger charge is -2.13. The fourth-order valence-electron chi connectivity index (χ4n) is 1.93. The van der Waals surface area contributed by atoms with E-state index >= 15 is 0 Å². The molecule has 21 heavy (non-hydrogen) atoms. The van der Waals surface area contributed by atoms with E-state index in [0.29, 0.717) is 24.3 Å². The van der Waals surface area contributed by atoms with E-state index in [1.807, 2.05) is 6.92 Å². The average Bonchev–Trinajstić information content (AvgIpc) is 2.84. The lowest BCUT2D eigenvalue weighted by molar-refractivity contribution is -0.385. The number of hydrogen-bond donors (Lipinski definition) is 1. The maximum Gasteiger partial charge on any atom is 0.270 e. The highest BCUT2D eigenvalue weighted by atomic mass is 32.1. The number of rotatable bonds is 6. The van der Waals surface area contributed by atoms with Crippen LogP contribution in [0.2, 0.25) is 0 Å². The predicted octanol–water partition coefficient (Wildman–Crippen LogP) is 3.03. The third-order valence-electron chi connectivity index (χ3n) is 3.09. The maximum absolute atomic E-state index is 10.8. The van der Waals surface area contributed by atoms with Gasteiger partial charge in [-0.3, -0.25) is 10.1 Å². The average molecular weight is 308 g/mol. The summed E-state index contributed by atoms with van der Waals surface area (Å²) >= 11 is 1.57. The van der Waals surface area contributed by atoms with E-state index in [1.165, 1.54) is 18.2 Å². The molecule has 2 aromatic rings. The van der Waals surface area contributed by atoms with Crippen LogP contribution in [0.4, 0.5) is 5.69 Å². The highest BCUT2D eigenvalue weighted by molar-refractivity contribution is 7.09. The molecule has 6 nitrogen and oxygen atoms in total. The van der Waals surface area contributed by atoms with E-state index in [4.69, 9.17) is 4.74 Å². The molecular formula is C14H16N2O4S. The summed E-state index contributed by atoms with van der Waals surface area (Å²) in [5.74, 6) is 0.470. The topological polar surface area (TPSA) is 85.5 Å². The first-order valence-corrected chi connectivity index (χ1v) is 7.35. The van der Waals surface area contributed by atoms with Crippen LogP contribution >= 0.6 is 11.3 Å². The number of non-ortho nitro benzene ring substituents is 1. The molecule has 0 aliphatic carbocycles. The van der Waals surface area contributed by atoms with E-state index in [9.17, 15) is 15.2 Å². The van der Waals surface area contributed by atoms with Gasteiger partial charge in [0, 0.05) is 29.0 Å². The Morgan fingerprint density at radius 3 is 2.86 bits per heavy atom. The van der Waals surface area contributed by atoms with Gasteiger partial charge in [0.2, 0.25) is 0 Å². The van der Waals surface area contributed by atoms with Gasteiger partial charge in [0.1, 0.15) is 5.75 Å². The first-order valence-electron chi connectivity index (χ1n) is 6.47. The molecule has 0 amide bonds. The standard InChI is InChI=1S/C14H16N2O4S/c1-9-14(21-8-15-9)5-6-20-13-4-3-11(16(18)19)7-12(13)10(2)17/h3-4,7-8,10,17H,5-6H2,1-2H3/t10-/m1/s1. The van der Waals surface area contributed by atoms with Crippen molar-refractivity contribution < 1.29 is 14.8 Å².